The maximum Gasteiger partial charge on any atom is 0.247 e. The first kappa shape index (κ1) is 13.5. The molecule has 2 aliphatic heterocycles. The average molecular weight is 295 g/mol. The van der Waals surface area contributed by atoms with Crippen molar-refractivity contribution in [1.29, 1.82) is 0 Å². The Morgan fingerprint density at radius 3 is 2.68 bits per heavy atom. The molecule has 0 saturated carbocycles. The first-order chi connectivity index (χ1) is 10.9. The zero-order valence-corrected chi connectivity index (χ0v) is 12.8. The minimum atomic E-state index is 0.778. The largest absolute Gasteiger partial charge is 0.339 e. The van der Waals surface area contributed by atoms with Gasteiger partial charge in [0.1, 0.15) is 0 Å². The Hall–Kier alpha value is -2.17. The second kappa shape index (κ2) is 5.91. The Morgan fingerprint density at radius 1 is 0.909 bits per heavy atom. The molecule has 5 heteroatoms. The van der Waals surface area contributed by atoms with Gasteiger partial charge in [-0.3, -0.25) is 0 Å². The van der Waals surface area contributed by atoms with Gasteiger partial charge in [0.05, 0.1) is 6.20 Å². The lowest BCUT2D eigenvalue weighted by Crippen LogP contribution is -2.32. The van der Waals surface area contributed by atoms with Gasteiger partial charge < -0.3 is 9.80 Å². The van der Waals surface area contributed by atoms with Crippen LogP contribution in [0.2, 0.25) is 0 Å². The number of piperidine rings is 1. The van der Waals surface area contributed by atoms with E-state index in [0.29, 0.717) is 0 Å². The molecule has 0 aliphatic carbocycles. The summed E-state index contributed by atoms with van der Waals surface area (Å²) in [5.41, 5.74) is 2.66. The Kier molecular flexibility index (Phi) is 3.62. The molecule has 0 spiro atoms. The molecule has 4 rings (SSSR count). The third-order valence-electron chi connectivity index (χ3n) is 4.56. The number of fused-ring (bicyclic) bond motifs is 1. The summed E-state index contributed by atoms with van der Waals surface area (Å²) in [6.07, 6.45) is 7.84. The van der Waals surface area contributed by atoms with Crippen molar-refractivity contribution >= 4 is 17.5 Å². The third kappa shape index (κ3) is 2.51. The molecule has 0 radical (unpaired) electrons. The standard InChI is InChI=1S/C17H21N5/c1-4-10-21(11-5-1)17-19-16(13-18-20-17)22-12-6-8-14-7-2-3-9-15(14)22/h2-3,7,9,13H,1,4-6,8,10-12H2. The Morgan fingerprint density at radius 2 is 1.77 bits per heavy atom. The van der Waals surface area contributed by atoms with Gasteiger partial charge >= 0.3 is 0 Å². The number of hydrogen-bond acceptors (Lipinski definition) is 5. The van der Waals surface area contributed by atoms with Gasteiger partial charge in [0.15, 0.2) is 5.82 Å². The van der Waals surface area contributed by atoms with E-state index in [0.717, 1.165) is 44.2 Å². The van der Waals surface area contributed by atoms with Gasteiger partial charge in [0, 0.05) is 25.3 Å². The van der Waals surface area contributed by atoms with E-state index in [2.05, 4.69) is 44.3 Å². The van der Waals surface area contributed by atoms with E-state index in [1.165, 1.54) is 30.5 Å². The molecule has 3 heterocycles. The normalized spacial score (nSPS) is 18.2. The summed E-state index contributed by atoms with van der Waals surface area (Å²) >= 11 is 0. The van der Waals surface area contributed by atoms with Crippen molar-refractivity contribution in [3.8, 4) is 0 Å². The van der Waals surface area contributed by atoms with Crippen LogP contribution in [0.1, 0.15) is 31.2 Å². The molecule has 5 nitrogen and oxygen atoms in total. The van der Waals surface area contributed by atoms with Crippen LogP contribution in [0.25, 0.3) is 0 Å². The fourth-order valence-corrected chi connectivity index (χ4v) is 3.42. The smallest absolute Gasteiger partial charge is 0.247 e. The summed E-state index contributed by atoms with van der Waals surface area (Å²) in [5, 5.41) is 8.46. The summed E-state index contributed by atoms with van der Waals surface area (Å²) in [6, 6.07) is 8.59. The summed E-state index contributed by atoms with van der Waals surface area (Å²) < 4.78 is 0. The highest BCUT2D eigenvalue weighted by atomic mass is 15.4. The number of hydrogen-bond donors (Lipinski definition) is 0. The molecule has 0 amide bonds. The number of aromatic nitrogens is 3. The molecular weight excluding hydrogens is 274 g/mol. The number of anilines is 3. The molecule has 22 heavy (non-hydrogen) atoms. The summed E-state index contributed by atoms with van der Waals surface area (Å²) in [6.45, 7) is 3.08. The number of benzene rings is 1. The summed E-state index contributed by atoms with van der Waals surface area (Å²) in [5.74, 6) is 1.70. The zero-order valence-electron chi connectivity index (χ0n) is 12.8. The van der Waals surface area contributed by atoms with Crippen molar-refractivity contribution < 1.29 is 0 Å². The van der Waals surface area contributed by atoms with E-state index in [9.17, 15) is 0 Å². The van der Waals surface area contributed by atoms with Crippen molar-refractivity contribution in [2.24, 2.45) is 0 Å². The molecule has 1 fully saturated rings. The molecule has 0 unspecified atom stereocenters. The van der Waals surface area contributed by atoms with Crippen molar-refractivity contribution in [2.45, 2.75) is 32.1 Å². The minimum absolute atomic E-state index is 0.778. The van der Waals surface area contributed by atoms with E-state index in [-0.39, 0.29) is 0 Å². The van der Waals surface area contributed by atoms with E-state index in [4.69, 9.17) is 4.98 Å². The topological polar surface area (TPSA) is 45.2 Å². The predicted octanol–water partition coefficient (Wildman–Crippen LogP) is 2.95. The molecule has 2 aromatic rings. The second-order valence-electron chi connectivity index (χ2n) is 6.05. The number of nitrogens with zero attached hydrogens (tertiary/aromatic N) is 5. The molecular formula is C17H21N5. The predicted molar refractivity (Wildman–Crippen MR) is 87.7 cm³/mol. The fourth-order valence-electron chi connectivity index (χ4n) is 3.42. The molecule has 1 aromatic carbocycles. The van der Waals surface area contributed by atoms with Crippen molar-refractivity contribution in [1.82, 2.24) is 15.2 Å². The van der Waals surface area contributed by atoms with Gasteiger partial charge in [-0.2, -0.15) is 10.1 Å². The van der Waals surface area contributed by atoms with Crippen molar-refractivity contribution in [2.75, 3.05) is 29.4 Å². The van der Waals surface area contributed by atoms with Crippen LogP contribution in [-0.4, -0.2) is 34.8 Å². The van der Waals surface area contributed by atoms with E-state index in [1.807, 2.05) is 0 Å². The quantitative estimate of drug-likeness (QED) is 0.852. The van der Waals surface area contributed by atoms with Gasteiger partial charge in [-0.25, -0.2) is 0 Å². The van der Waals surface area contributed by atoms with Crippen LogP contribution >= 0.6 is 0 Å². The minimum Gasteiger partial charge on any atom is -0.339 e. The van der Waals surface area contributed by atoms with Crippen molar-refractivity contribution in [3.05, 3.63) is 36.0 Å². The van der Waals surface area contributed by atoms with Crippen LogP contribution in [-0.2, 0) is 6.42 Å². The summed E-state index contributed by atoms with van der Waals surface area (Å²) in [4.78, 5) is 9.34. The highest BCUT2D eigenvalue weighted by molar-refractivity contribution is 5.65. The lowest BCUT2D eigenvalue weighted by molar-refractivity contribution is 0.565. The highest BCUT2D eigenvalue weighted by Crippen LogP contribution is 2.32. The molecule has 2 aliphatic rings. The molecule has 0 atom stereocenters. The lowest BCUT2D eigenvalue weighted by Gasteiger charge is -2.31. The van der Waals surface area contributed by atoms with Crippen LogP contribution in [0.5, 0.6) is 0 Å². The van der Waals surface area contributed by atoms with E-state index < -0.39 is 0 Å². The van der Waals surface area contributed by atoms with E-state index >= 15 is 0 Å². The molecule has 0 N–H and O–H groups in total. The molecule has 114 valence electrons. The maximum absolute atomic E-state index is 4.80. The molecule has 1 saturated heterocycles. The highest BCUT2D eigenvalue weighted by Gasteiger charge is 2.21. The maximum atomic E-state index is 4.80. The number of aryl methyl sites for hydroxylation is 1. The van der Waals surface area contributed by atoms with Crippen LogP contribution in [0.15, 0.2) is 30.5 Å². The lowest BCUT2D eigenvalue weighted by atomic mass is 10.0. The average Bonchev–Trinajstić information content (AvgIpc) is 2.62. The third-order valence-corrected chi connectivity index (χ3v) is 4.56. The SMILES string of the molecule is c1ccc2c(c1)CCCN2c1cnnc(N2CCCCC2)n1. The van der Waals surface area contributed by atoms with Gasteiger partial charge in [-0.05, 0) is 43.7 Å². The van der Waals surface area contributed by atoms with Gasteiger partial charge in [-0.15, -0.1) is 5.10 Å². The van der Waals surface area contributed by atoms with Crippen molar-refractivity contribution in [3.63, 3.8) is 0 Å². The number of rotatable bonds is 2. The van der Waals surface area contributed by atoms with E-state index in [1.54, 1.807) is 6.20 Å². The van der Waals surface area contributed by atoms with Crippen LogP contribution in [0, 0.1) is 0 Å². The Labute approximate surface area is 131 Å². The monoisotopic (exact) mass is 295 g/mol. The fraction of sp³-hybridized carbons (Fsp3) is 0.471. The van der Waals surface area contributed by atoms with Crippen LogP contribution < -0.4 is 9.80 Å². The Bertz CT molecular complexity index is 651. The second-order valence-corrected chi connectivity index (χ2v) is 6.05. The summed E-state index contributed by atoms with van der Waals surface area (Å²) in [7, 11) is 0. The Balaban J connectivity index is 1.66. The van der Waals surface area contributed by atoms with Gasteiger partial charge in [0.2, 0.25) is 5.95 Å². The molecule has 1 aromatic heterocycles. The molecule has 0 bridgehead atoms. The van der Waals surface area contributed by atoms with Gasteiger partial charge in [0.25, 0.3) is 0 Å². The first-order valence-corrected chi connectivity index (χ1v) is 8.22. The number of para-hydroxylation sites is 1. The van der Waals surface area contributed by atoms with Crippen LogP contribution in [0.4, 0.5) is 17.5 Å². The zero-order chi connectivity index (χ0) is 14.8. The van der Waals surface area contributed by atoms with Gasteiger partial charge in [-0.1, -0.05) is 18.2 Å². The van der Waals surface area contributed by atoms with Crippen LogP contribution in [0.3, 0.4) is 0 Å². The first-order valence-electron chi connectivity index (χ1n) is 8.22.